The molecule has 0 unspecified atom stereocenters. The predicted molar refractivity (Wildman–Crippen MR) is 143 cm³/mol. The summed E-state index contributed by atoms with van der Waals surface area (Å²) >= 11 is 1.40. The molecule has 2 aromatic carbocycles. The summed E-state index contributed by atoms with van der Waals surface area (Å²) < 4.78 is 10.8. The standard InChI is InChI=1S/C29H28N2O4S/c1-19-8-14-22(15-9-19)30-29-31(23-6-4-3-5-7-23)27(32)26(36-29)18-24-16-17-25(35-24)20-10-12-21(13-11-20)28(33)34-2/h8-18,23H,3-7H2,1-2H3/b26-18+,30-29?. The van der Waals surface area contributed by atoms with Crippen LogP contribution in [-0.4, -0.2) is 35.1 Å². The van der Waals surface area contributed by atoms with E-state index < -0.39 is 0 Å². The maximum atomic E-state index is 13.5. The van der Waals surface area contributed by atoms with E-state index in [9.17, 15) is 9.59 Å². The van der Waals surface area contributed by atoms with E-state index >= 15 is 0 Å². The molecule has 0 radical (unpaired) electrons. The first-order valence-electron chi connectivity index (χ1n) is 12.2. The van der Waals surface area contributed by atoms with Gasteiger partial charge in [-0.3, -0.25) is 9.69 Å². The Morgan fingerprint density at radius 3 is 2.44 bits per heavy atom. The molecule has 3 aromatic rings. The van der Waals surface area contributed by atoms with Gasteiger partial charge in [-0.05, 0) is 67.9 Å². The third-order valence-electron chi connectivity index (χ3n) is 6.53. The maximum Gasteiger partial charge on any atom is 0.337 e. The molecule has 7 heteroatoms. The van der Waals surface area contributed by atoms with Gasteiger partial charge < -0.3 is 9.15 Å². The van der Waals surface area contributed by atoms with Gasteiger partial charge in [0.25, 0.3) is 5.91 Å². The Morgan fingerprint density at radius 2 is 1.75 bits per heavy atom. The summed E-state index contributed by atoms with van der Waals surface area (Å²) in [4.78, 5) is 32.6. The molecule has 1 saturated heterocycles. The molecule has 2 aliphatic rings. The van der Waals surface area contributed by atoms with Crippen molar-refractivity contribution in [2.24, 2.45) is 4.99 Å². The Balaban J connectivity index is 1.42. The van der Waals surface area contributed by atoms with Gasteiger partial charge in [0.1, 0.15) is 11.5 Å². The zero-order chi connectivity index (χ0) is 25.1. The third kappa shape index (κ3) is 5.16. The van der Waals surface area contributed by atoms with Gasteiger partial charge >= 0.3 is 5.97 Å². The molecule has 2 fully saturated rings. The minimum Gasteiger partial charge on any atom is -0.465 e. The Hall–Kier alpha value is -3.58. The van der Waals surface area contributed by atoms with E-state index in [4.69, 9.17) is 14.1 Å². The number of carbonyl (C=O) groups excluding carboxylic acids is 2. The molecule has 184 valence electrons. The lowest BCUT2D eigenvalue weighted by Gasteiger charge is -2.30. The first-order valence-corrected chi connectivity index (χ1v) is 13.0. The minimum absolute atomic E-state index is 0.0156. The molecule has 0 spiro atoms. The van der Waals surface area contributed by atoms with Crippen LogP contribution in [0.2, 0.25) is 0 Å². The van der Waals surface area contributed by atoms with E-state index in [0.29, 0.717) is 22.0 Å². The minimum atomic E-state index is -0.381. The second-order valence-electron chi connectivity index (χ2n) is 9.08. The number of thioether (sulfide) groups is 1. The Morgan fingerprint density at radius 1 is 1.03 bits per heavy atom. The van der Waals surface area contributed by atoms with Crippen LogP contribution in [0.15, 0.2) is 75.0 Å². The average molecular weight is 501 g/mol. The molecule has 0 bridgehead atoms. The van der Waals surface area contributed by atoms with Crippen LogP contribution < -0.4 is 0 Å². The lowest BCUT2D eigenvalue weighted by atomic mass is 9.94. The molecule has 1 amide bonds. The molecular formula is C29H28N2O4S. The molecule has 1 aliphatic heterocycles. The molecule has 0 N–H and O–H groups in total. The number of amides is 1. The summed E-state index contributed by atoms with van der Waals surface area (Å²) in [6.45, 7) is 2.05. The highest BCUT2D eigenvalue weighted by Gasteiger charge is 2.38. The number of aliphatic imine (C=N–C) groups is 1. The molecule has 0 atom stereocenters. The van der Waals surface area contributed by atoms with Crippen molar-refractivity contribution >= 4 is 40.6 Å². The van der Waals surface area contributed by atoms with Gasteiger partial charge in [-0.15, -0.1) is 0 Å². The third-order valence-corrected chi connectivity index (χ3v) is 7.51. The summed E-state index contributed by atoms with van der Waals surface area (Å²) in [5, 5.41) is 0.729. The van der Waals surface area contributed by atoms with Crippen molar-refractivity contribution in [1.82, 2.24) is 4.90 Å². The van der Waals surface area contributed by atoms with E-state index in [1.165, 1.54) is 30.9 Å². The fraction of sp³-hybridized carbons (Fsp3) is 0.276. The van der Waals surface area contributed by atoms with E-state index in [0.717, 1.165) is 42.1 Å². The number of esters is 1. The Bertz CT molecular complexity index is 1320. The number of hydrogen-bond donors (Lipinski definition) is 0. The van der Waals surface area contributed by atoms with E-state index in [1.807, 2.05) is 60.4 Å². The molecule has 1 aromatic heterocycles. The lowest BCUT2D eigenvalue weighted by molar-refractivity contribution is -0.124. The lowest BCUT2D eigenvalue weighted by Crippen LogP contribution is -2.40. The van der Waals surface area contributed by atoms with Gasteiger partial charge in [-0.1, -0.05) is 49.1 Å². The molecule has 2 heterocycles. The summed E-state index contributed by atoms with van der Waals surface area (Å²) in [6, 6.07) is 19.0. The number of benzene rings is 2. The van der Waals surface area contributed by atoms with Gasteiger partial charge in [0.05, 0.1) is 23.3 Å². The molecule has 1 aliphatic carbocycles. The Kier molecular flexibility index (Phi) is 7.09. The smallest absolute Gasteiger partial charge is 0.337 e. The van der Waals surface area contributed by atoms with Gasteiger partial charge in [-0.2, -0.15) is 0 Å². The normalized spacial score (nSPS) is 18.8. The second kappa shape index (κ2) is 10.6. The molecular weight excluding hydrogens is 472 g/mol. The van der Waals surface area contributed by atoms with Crippen LogP contribution in [0.1, 0.15) is 53.8 Å². The van der Waals surface area contributed by atoms with Crippen molar-refractivity contribution < 1.29 is 18.7 Å². The van der Waals surface area contributed by atoms with E-state index in [-0.39, 0.29) is 17.9 Å². The number of ether oxygens (including phenoxy) is 1. The molecule has 6 nitrogen and oxygen atoms in total. The highest BCUT2D eigenvalue weighted by atomic mass is 32.2. The number of hydrogen-bond acceptors (Lipinski definition) is 6. The molecule has 1 saturated carbocycles. The summed E-state index contributed by atoms with van der Waals surface area (Å²) in [5.41, 5.74) is 3.33. The summed E-state index contributed by atoms with van der Waals surface area (Å²) in [6.07, 6.45) is 7.28. The van der Waals surface area contributed by atoms with Crippen LogP contribution in [0.4, 0.5) is 5.69 Å². The van der Waals surface area contributed by atoms with Crippen LogP contribution in [0.5, 0.6) is 0 Å². The monoisotopic (exact) mass is 500 g/mol. The zero-order valence-electron chi connectivity index (χ0n) is 20.4. The van der Waals surface area contributed by atoms with Crippen molar-refractivity contribution in [3.05, 3.63) is 82.5 Å². The van der Waals surface area contributed by atoms with Crippen LogP contribution >= 0.6 is 11.8 Å². The second-order valence-corrected chi connectivity index (χ2v) is 10.1. The van der Waals surface area contributed by atoms with Crippen LogP contribution in [0.3, 0.4) is 0 Å². The number of furan rings is 1. The number of methoxy groups -OCH3 is 1. The van der Waals surface area contributed by atoms with Crippen molar-refractivity contribution in [2.45, 2.75) is 45.1 Å². The highest BCUT2D eigenvalue weighted by Crippen LogP contribution is 2.39. The van der Waals surface area contributed by atoms with Crippen LogP contribution in [0.25, 0.3) is 17.4 Å². The molecule has 36 heavy (non-hydrogen) atoms. The van der Waals surface area contributed by atoms with Crippen LogP contribution in [-0.2, 0) is 9.53 Å². The topological polar surface area (TPSA) is 72.1 Å². The number of amidine groups is 1. The maximum absolute atomic E-state index is 13.5. The summed E-state index contributed by atoms with van der Waals surface area (Å²) in [7, 11) is 1.36. The van der Waals surface area contributed by atoms with Crippen LogP contribution in [0, 0.1) is 6.92 Å². The summed E-state index contributed by atoms with van der Waals surface area (Å²) in [5.74, 6) is 0.858. The number of nitrogens with zero attached hydrogens (tertiary/aromatic N) is 2. The quantitative estimate of drug-likeness (QED) is 0.279. The van der Waals surface area contributed by atoms with Gasteiger partial charge in [0, 0.05) is 17.7 Å². The van der Waals surface area contributed by atoms with E-state index in [2.05, 4.69) is 0 Å². The average Bonchev–Trinajstić information content (AvgIpc) is 3.50. The zero-order valence-corrected chi connectivity index (χ0v) is 21.2. The Labute approximate surface area is 215 Å². The van der Waals surface area contributed by atoms with Crippen molar-refractivity contribution in [3.8, 4) is 11.3 Å². The van der Waals surface area contributed by atoms with Gasteiger partial charge in [0.2, 0.25) is 0 Å². The molecule has 5 rings (SSSR count). The predicted octanol–water partition coefficient (Wildman–Crippen LogP) is 6.98. The first kappa shape index (κ1) is 24.1. The largest absolute Gasteiger partial charge is 0.465 e. The first-order chi connectivity index (χ1) is 17.5. The van der Waals surface area contributed by atoms with E-state index in [1.54, 1.807) is 18.2 Å². The number of aryl methyl sites for hydroxylation is 1. The SMILES string of the molecule is COC(=O)c1ccc(-c2ccc(/C=C3/SC(=Nc4ccc(C)cc4)N(C4CCCCC4)C3=O)o2)cc1. The fourth-order valence-corrected chi connectivity index (χ4v) is 5.60. The number of carbonyl (C=O) groups is 2. The van der Waals surface area contributed by atoms with Gasteiger partial charge in [0.15, 0.2) is 5.17 Å². The highest BCUT2D eigenvalue weighted by molar-refractivity contribution is 8.18. The van der Waals surface area contributed by atoms with Crippen molar-refractivity contribution in [3.63, 3.8) is 0 Å². The van der Waals surface area contributed by atoms with Crippen molar-refractivity contribution in [2.75, 3.05) is 7.11 Å². The number of rotatable bonds is 5. The van der Waals surface area contributed by atoms with Gasteiger partial charge in [-0.25, -0.2) is 9.79 Å². The van der Waals surface area contributed by atoms with Crippen molar-refractivity contribution in [1.29, 1.82) is 0 Å². The fourth-order valence-electron chi connectivity index (χ4n) is 4.56.